The number of nitrogens with zero attached hydrogens (tertiary/aromatic N) is 1. The van der Waals surface area contributed by atoms with E-state index in [2.05, 4.69) is 5.32 Å². The van der Waals surface area contributed by atoms with Gasteiger partial charge in [0.25, 0.3) is 5.91 Å². The van der Waals surface area contributed by atoms with Gasteiger partial charge in [-0.25, -0.2) is 4.39 Å². The molecule has 0 aromatic heterocycles. The fourth-order valence-corrected chi connectivity index (χ4v) is 4.58. The number of amides is 2. The van der Waals surface area contributed by atoms with Crippen molar-refractivity contribution in [2.24, 2.45) is 0 Å². The first-order chi connectivity index (χ1) is 16.9. The predicted octanol–water partition coefficient (Wildman–Crippen LogP) is 5.80. The lowest BCUT2D eigenvalue weighted by Gasteiger charge is -2.52. The Bertz CT molecular complexity index is 1170. The molecule has 3 aromatic carbocycles. The summed E-state index contributed by atoms with van der Waals surface area (Å²) in [5.41, 5.74) is 0.612. The molecular formula is C27H25Cl2FN2O3. The number of halogens is 3. The first-order valence-electron chi connectivity index (χ1n) is 11.2. The minimum Gasteiger partial charge on any atom is -0.373 e. The Labute approximate surface area is 213 Å². The van der Waals surface area contributed by atoms with E-state index in [0.29, 0.717) is 6.61 Å². The fourth-order valence-electron chi connectivity index (χ4n) is 4.27. The monoisotopic (exact) mass is 514 g/mol. The van der Waals surface area contributed by atoms with E-state index in [1.807, 2.05) is 60.7 Å². The molecule has 0 radical (unpaired) electrons. The number of carbonyl (C=O) groups is 2. The van der Waals surface area contributed by atoms with Crippen LogP contribution in [0, 0.1) is 5.82 Å². The normalized spacial score (nSPS) is 19.0. The standard InChI is InChI=1S/C27H25Cl2FN2O3/c28-16-25(33)32(17-19-7-3-1-4-8-19)27(26(34)31-24-12-11-21(29)13-23(24)30)14-22(15-27)35-18-20-9-5-2-6-10-20/h1-13,22H,14-18H2,(H,31,34). The Morgan fingerprint density at radius 1 is 1.00 bits per heavy atom. The predicted molar refractivity (Wildman–Crippen MR) is 135 cm³/mol. The third-order valence-corrected chi connectivity index (χ3v) is 6.64. The Balaban J connectivity index is 1.59. The zero-order chi connectivity index (χ0) is 24.8. The summed E-state index contributed by atoms with van der Waals surface area (Å²) in [6.07, 6.45) is 0.268. The van der Waals surface area contributed by atoms with Crippen LogP contribution in [0.2, 0.25) is 5.02 Å². The van der Waals surface area contributed by atoms with Crippen LogP contribution in [0.3, 0.4) is 0 Å². The van der Waals surface area contributed by atoms with Gasteiger partial charge >= 0.3 is 0 Å². The van der Waals surface area contributed by atoms with Gasteiger partial charge in [-0.3, -0.25) is 9.59 Å². The van der Waals surface area contributed by atoms with Crippen molar-refractivity contribution in [1.29, 1.82) is 0 Å². The van der Waals surface area contributed by atoms with Gasteiger partial charge in [-0.05, 0) is 29.3 Å². The molecule has 0 saturated heterocycles. The van der Waals surface area contributed by atoms with Gasteiger partial charge in [-0.2, -0.15) is 0 Å². The molecule has 35 heavy (non-hydrogen) atoms. The molecule has 8 heteroatoms. The zero-order valence-electron chi connectivity index (χ0n) is 18.9. The van der Waals surface area contributed by atoms with Crippen molar-refractivity contribution in [3.63, 3.8) is 0 Å². The van der Waals surface area contributed by atoms with Gasteiger partial charge in [0.05, 0.1) is 18.4 Å². The highest BCUT2D eigenvalue weighted by molar-refractivity contribution is 6.30. The summed E-state index contributed by atoms with van der Waals surface area (Å²) < 4.78 is 20.5. The summed E-state index contributed by atoms with van der Waals surface area (Å²) in [7, 11) is 0. The first kappa shape index (κ1) is 25.2. The molecule has 1 N–H and O–H groups in total. The van der Waals surface area contributed by atoms with E-state index in [9.17, 15) is 14.0 Å². The average molecular weight is 515 g/mol. The quantitative estimate of drug-likeness (QED) is 0.367. The molecule has 0 bridgehead atoms. The Hall–Kier alpha value is -2.93. The SMILES string of the molecule is O=C(CCl)N(Cc1ccccc1)C1(C(=O)Nc2ccc(Cl)cc2F)CC(OCc2ccccc2)C1. The van der Waals surface area contributed by atoms with E-state index in [0.717, 1.165) is 17.2 Å². The lowest BCUT2D eigenvalue weighted by molar-refractivity contribution is -0.165. The molecule has 0 atom stereocenters. The van der Waals surface area contributed by atoms with Crippen LogP contribution in [0.15, 0.2) is 78.9 Å². The third-order valence-electron chi connectivity index (χ3n) is 6.18. The number of anilines is 1. The largest absolute Gasteiger partial charge is 0.373 e. The number of rotatable bonds is 9. The number of hydrogen-bond acceptors (Lipinski definition) is 3. The van der Waals surface area contributed by atoms with Crippen molar-refractivity contribution in [2.75, 3.05) is 11.2 Å². The van der Waals surface area contributed by atoms with Crippen LogP contribution in [0.4, 0.5) is 10.1 Å². The summed E-state index contributed by atoms with van der Waals surface area (Å²) >= 11 is 11.8. The summed E-state index contributed by atoms with van der Waals surface area (Å²) in [5.74, 6) is -1.82. The van der Waals surface area contributed by atoms with Gasteiger partial charge in [0.1, 0.15) is 17.2 Å². The van der Waals surface area contributed by atoms with Crippen LogP contribution in [-0.2, 0) is 27.5 Å². The number of benzene rings is 3. The molecule has 0 heterocycles. The lowest BCUT2D eigenvalue weighted by atomic mass is 9.71. The van der Waals surface area contributed by atoms with Crippen molar-refractivity contribution in [3.8, 4) is 0 Å². The zero-order valence-corrected chi connectivity index (χ0v) is 20.4. The van der Waals surface area contributed by atoms with Crippen LogP contribution < -0.4 is 5.32 Å². The van der Waals surface area contributed by atoms with Gasteiger partial charge in [-0.1, -0.05) is 72.3 Å². The van der Waals surface area contributed by atoms with E-state index >= 15 is 0 Å². The summed E-state index contributed by atoms with van der Waals surface area (Å²) in [6.45, 7) is 0.575. The highest BCUT2D eigenvalue weighted by Gasteiger charge is 2.56. The summed E-state index contributed by atoms with van der Waals surface area (Å²) in [4.78, 5) is 28.1. The van der Waals surface area contributed by atoms with Gasteiger partial charge in [0.15, 0.2) is 0 Å². The summed E-state index contributed by atoms with van der Waals surface area (Å²) in [6, 6.07) is 23.1. The topological polar surface area (TPSA) is 58.6 Å². The second-order valence-electron chi connectivity index (χ2n) is 8.54. The second kappa shape index (κ2) is 11.2. The third kappa shape index (κ3) is 5.84. The van der Waals surface area contributed by atoms with Crippen LogP contribution in [0.5, 0.6) is 0 Å². The molecule has 2 amide bonds. The van der Waals surface area contributed by atoms with E-state index in [1.54, 1.807) is 0 Å². The van der Waals surface area contributed by atoms with Gasteiger partial charge in [0.2, 0.25) is 5.91 Å². The molecule has 1 saturated carbocycles. The molecule has 0 spiro atoms. The maximum Gasteiger partial charge on any atom is 0.250 e. The van der Waals surface area contributed by atoms with Crippen LogP contribution in [-0.4, -0.2) is 34.2 Å². The molecule has 1 aliphatic carbocycles. The van der Waals surface area contributed by atoms with Crippen molar-refractivity contribution in [1.82, 2.24) is 4.90 Å². The average Bonchev–Trinajstić information content (AvgIpc) is 2.85. The molecular weight excluding hydrogens is 490 g/mol. The molecule has 1 fully saturated rings. The highest BCUT2D eigenvalue weighted by Crippen LogP contribution is 2.42. The molecule has 0 aliphatic heterocycles. The fraction of sp³-hybridized carbons (Fsp3) is 0.259. The number of carbonyl (C=O) groups excluding carboxylic acids is 2. The van der Waals surface area contributed by atoms with Crippen LogP contribution >= 0.6 is 23.2 Å². The second-order valence-corrected chi connectivity index (χ2v) is 9.24. The number of nitrogens with one attached hydrogen (secondary N) is 1. The molecule has 4 rings (SSSR count). The molecule has 5 nitrogen and oxygen atoms in total. The van der Waals surface area contributed by atoms with Crippen molar-refractivity contribution in [2.45, 2.75) is 37.6 Å². The minimum absolute atomic E-state index is 0.00888. The summed E-state index contributed by atoms with van der Waals surface area (Å²) in [5, 5.41) is 2.87. The smallest absolute Gasteiger partial charge is 0.250 e. The molecule has 3 aromatic rings. The van der Waals surface area contributed by atoms with Crippen molar-refractivity contribution >= 4 is 40.7 Å². The van der Waals surface area contributed by atoms with Crippen LogP contribution in [0.1, 0.15) is 24.0 Å². The number of ether oxygens (including phenoxy) is 1. The maximum absolute atomic E-state index is 14.5. The Morgan fingerprint density at radius 2 is 1.63 bits per heavy atom. The molecule has 0 unspecified atom stereocenters. The number of hydrogen-bond donors (Lipinski definition) is 1. The van der Waals surface area contributed by atoms with Crippen molar-refractivity contribution < 1.29 is 18.7 Å². The van der Waals surface area contributed by atoms with E-state index < -0.39 is 17.3 Å². The Morgan fingerprint density at radius 3 is 2.23 bits per heavy atom. The minimum atomic E-state index is -1.24. The van der Waals surface area contributed by atoms with Gasteiger partial charge in [0, 0.05) is 24.4 Å². The lowest BCUT2D eigenvalue weighted by Crippen LogP contribution is -2.67. The maximum atomic E-state index is 14.5. The van der Waals surface area contributed by atoms with E-state index in [-0.39, 0.29) is 48.0 Å². The highest BCUT2D eigenvalue weighted by atomic mass is 35.5. The van der Waals surface area contributed by atoms with Crippen molar-refractivity contribution in [3.05, 3.63) is 101 Å². The van der Waals surface area contributed by atoms with Gasteiger partial charge in [-0.15, -0.1) is 11.6 Å². The van der Waals surface area contributed by atoms with E-state index in [4.69, 9.17) is 27.9 Å². The van der Waals surface area contributed by atoms with Crippen LogP contribution in [0.25, 0.3) is 0 Å². The van der Waals surface area contributed by atoms with E-state index in [1.165, 1.54) is 17.0 Å². The first-order valence-corrected chi connectivity index (χ1v) is 12.1. The number of alkyl halides is 1. The Kier molecular flexibility index (Phi) is 8.06. The van der Waals surface area contributed by atoms with Gasteiger partial charge < -0.3 is 15.0 Å². The molecule has 182 valence electrons. The molecule has 1 aliphatic rings.